The largest absolute Gasteiger partial charge is 0.456 e. The zero-order valence-electron chi connectivity index (χ0n) is 27.2. The van der Waals surface area contributed by atoms with Crippen molar-refractivity contribution in [3.63, 3.8) is 0 Å². The number of hydrogen-bond acceptors (Lipinski definition) is 2. The van der Waals surface area contributed by atoms with E-state index in [2.05, 4.69) is 152 Å². The molecule has 1 aliphatic rings. The van der Waals surface area contributed by atoms with Crippen LogP contribution in [0.3, 0.4) is 0 Å². The molecule has 0 radical (unpaired) electrons. The van der Waals surface area contributed by atoms with Crippen LogP contribution in [-0.4, -0.2) is 0 Å². The molecule has 8 aromatic carbocycles. The third-order valence-electron chi connectivity index (χ3n) is 10.8. The normalized spacial score (nSPS) is 15.0. The number of fused-ring (bicyclic) bond motifs is 11. The van der Waals surface area contributed by atoms with Crippen LogP contribution in [0.1, 0.15) is 23.5 Å². The van der Waals surface area contributed by atoms with Crippen molar-refractivity contribution in [3.05, 3.63) is 175 Å². The van der Waals surface area contributed by atoms with E-state index >= 15 is 0 Å². The van der Waals surface area contributed by atoms with Crippen LogP contribution in [0.2, 0.25) is 0 Å². The van der Waals surface area contributed by atoms with E-state index in [1.165, 1.54) is 49.4 Å². The number of allylic oxidation sites excluding steroid dienone is 4. The highest BCUT2D eigenvalue weighted by molar-refractivity contribution is 6.26. The van der Waals surface area contributed by atoms with Crippen molar-refractivity contribution in [1.82, 2.24) is 0 Å². The number of para-hydroxylation sites is 1. The lowest BCUT2D eigenvalue weighted by atomic mass is 9.80. The highest BCUT2D eigenvalue weighted by Crippen LogP contribution is 2.46. The number of rotatable bonds is 3. The average molecular weight is 639 g/mol. The molecule has 1 aliphatic carbocycles. The maximum absolute atomic E-state index is 6.67. The molecule has 1 atom stereocenters. The summed E-state index contributed by atoms with van der Waals surface area (Å²) < 4.78 is 12.9. The Kier molecular flexibility index (Phi) is 5.82. The van der Waals surface area contributed by atoms with E-state index in [9.17, 15) is 0 Å². The Bertz CT molecular complexity index is 3000. The van der Waals surface area contributed by atoms with Crippen LogP contribution in [0.5, 0.6) is 0 Å². The fourth-order valence-electron chi connectivity index (χ4n) is 8.60. The molecule has 2 heterocycles. The van der Waals surface area contributed by atoms with Crippen molar-refractivity contribution < 1.29 is 8.83 Å². The first-order valence-corrected chi connectivity index (χ1v) is 17.4. The summed E-state index contributed by atoms with van der Waals surface area (Å²) in [6.07, 6.45) is 7.87. The fraction of sp³-hybridized carbons (Fsp3) is 0.0417. The van der Waals surface area contributed by atoms with Gasteiger partial charge in [0.1, 0.15) is 22.3 Å². The number of furan rings is 2. The van der Waals surface area contributed by atoms with Gasteiger partial charge in [0, 0.05) is 32.8 Å². The second-order valence-corrected chi connectivity index (χ2v) is 13.5. The Hall–Kier alpha value is -6.38. The Morgan fingerprint density at radius 1 is 0.440 bits per heavy atom. The molecule has 2 nitrogen and oxygen atoms in total. The smallest absolute Gasteiger partial charge is 0.143 e. The first kappa shape index (κ1) is 27.6. The summed E-state index contributed by atoms with van der Waals surface area (Å²) in [5.41, 5.74) is 10.1. The van der Waals surface area contributed by atoms with E-state index in [0.717, 1.165) is 61.1 Å². The molecule has 0 amide bonds. The first-order valence-electron chi connectivity index (χ1n) is 17.4. The second kappa shape index (κ2) is 10.6. The predicted octanol–water partition coefficient (Wildman–Crippen LogP) is 13.7. The number of benzene rings is 8. The summed E-state index contributed by atoms with van der Waals surface area (Å²) >= 11 is 0. The van der Waals surface area contributed by atoms with Gasteiger partial charge in [0.2, 0.25) is 0 Å². The van der Waals surface area contributed by atoms with Crippen LogP contribution < -0.4 is 0 Å². The Balaban J connectivity index is 1.12. The standard InChI is InChI=1S/C48H30O2/c1-2-11-29(12-3-1)30-13-10-14-31(27-30)45-33-15-4-6-17-35(33)46(36-18-7-5-16-34(36)45)32-21-25-43-41(28-32)39-23-22-37-38(48(39)50-43)24-26-44-47(37)40-19-8-9-20-42(40)49-44/h1-26,28,30H,27H2. The molecule has 1 unspecified atom stereocenters. The summed E-state index contributed by atoms with van der Waals surface area (Å²) in [5.74, 6) is 0.351. The molecule has 11 rings (SSSR count). The van der Waals surface area contributed by atoms with E-state index in [1.54, 1.807) is 0 Å². The van der Waals surface area contributed by atoms with Gasteiger partial charge in [-0.05, 0) is 97.6 Å². The summed E-state index contributed by atoms with van der Waals surface area (Å²) in [6.45, 7) is 0. The Morgan fingerprint density at radius 3 is 1.82 bits per heavy atom. The molecule has 0 saturated heterocycles. The van der Waals surface area contributed by atoms with E-state index < -0.39 is 0 Å². The molecule has 0 saturated carbocycles. The molecule has 2 heteroatoms. The quantitative estimate of drug-likeness (QED) is 0.180. The lowest BCUT2D eigenvalue weighted by molar-refractivity contribution is 0.669. The highest BCUT2D eigenvalue weighted by Gasteiger charge is 2.22. The van der Waals surface area contributed by atoms with Crippen LogP contribution in [0, 0.1) is 0 Å². The minimum atomic E-state index is 0.351. The lowest BCUT2D eigenvalue weighted by Crippen LogP contribution is -2.02. The molecule has 0 N–H and O–H groups in total. The minimum Gasteiger partial charge on any atom is -0.456 e. The van der Waals surface area contributed by atoms with Crippen LogP contribution in [0.4, 0.5) is 0 Å². The summed E-state index contributed by atoms with van der Waals surface area (Å²) in [5, 5.41) is 11.9. The van der Waals surface area contributed by atoms with Crippen molar-refractivity contribution in [1.29, 1.82) is 0 Å². The van der Waals surface area contributed by atoms with Crippen molar-refractivity contribution in [2.24, 2.45) is 0 Å². The van der Waals surface area contributed by atoms with Crippen molar-refractivity contribution in [3.8, 4) is 11.1 Å². The van der Waals surface area contributed by atoms with Gasteiger partial charge in [-0.1, -0.05) is 127 Å². The molecular formula is C48H30O2. The summed E-state index contributed by atoms with van der Waals surface area (Å²) in [4.78, 5) is 0. The van der Waals surface area contributed by atoms with Crippen molar-refractivity contribution in [2.75, 3.05) is 0 Å². The van der Waals surface area contributed by atoms with Crippen molar-refractivity contribution in [2.45, 2.75) is 12.3 Å². The average Bonchev–Trinajstić information content (AvgIpc) is 3.76. The molecule has 50 heavy (non-hydrogen) atoms. The molecule has 234 valence electrons. The molecule has 0 spiro atoms. The fourth-order valence-corrected chi connectivity index (χ4v) is 8.60. The first-order chi connectivity index (χ1) is 24.8. The molecule has 0 aliphatic heterocycles. The highest BCUT2D eigenvalue weighted by atomic mass is 16.3. The zero-order chi connectivity index (χ0) is 32.8. The maximum atomic E-state index is 6.67. The van der Waals surface area contributed by atoms with E-state index in [0.29, 0.717) is 5.92 Å². The van der Waals surface area contributed by atoms with Gasteiger partial charge in [-0.2, -0.15) is 0 Å². The van der Waals surface area contributed by atoms with Gasteiger partial charge < -0.3 is 8.83 Å². The second-order valence-electron chi connectivity index (χ2n) is 13.5. The molecule has 0 bridgehead atoms. The monoisotopic (exact) mass is 638 g/mol. The van der Waals surface area contributed by atoms with Crippen LogP contribution in [0.15, 0.2) is 173 Å². The van der Waals surface area contributed by atoms with Crippen molar-refractivity contribution >= 4 is 81.8 Å². The van der Waals surface area contributed by atoms with Crippen LogP contribution >= 0.6 is 0 Å². The molecule has 0 fully saturated rings. The third-order valence-corrected chi connectivity index (χ3v) is 10.8. The van der Waals surface area contributed by atoms with Gasteiger partial charge in [-0.25, -0.2) is 0 Å². The Morgan fingerprint density at radius 2 is 1.04 bits per heavy atom. The lowest BCUT2D eigenvalue weighted by Gasteiger charge is -2.23. The van der Waals surface area contributed by atoms with E-state index in [1.807, 2.05) is 12.1 Å². The maximum Gasteiger partial charge on any atom is 0.143 e. The molecule has 2 aromatic heterocycles. The van der Waals surface area contributed by atoms with Gasteiger partial charge in [0.25, 0.3) is 0 Å². The van der Waals surface area contributed by atoms with E-state index in [4.69, 9.17) is 8.83 Å². The van der Waals surface area contributed by atoms with E-state index in [-0.39, 0.29) is 0 Å². The minimum absolute atomic E-state index is 0.351. The number of hydrogen-bond donors (Lipinski definition) is 0. The van der Waals surface area contributed by atoms with Gasteiger partial charge >= 0.3 is 0 Å². The van der Waals surface area contributed by atoms with Crippen LogP contribution in [0.25, 0.3) is 92.9 Å². The molecular weight excluding hydrogens is 609 g/mol. The zero-order valence-corrected chi connectivity index (χ0v) is 27.2. The van der Waals surface area contributed by atoms with Gasteiger partial charge in [0.05, 0.1) is 0 Å². The topological polar surface area (TPSA) is 26.3 Å². The predicted molar refractivity (Wildman–Crippen MR) is 210 cm³/mol. The summed E-state index contributed by atoms with van der Waals surface area (Å²) in [7, 11) is 0. The SMILES string of the molecule is C1=CC(c2ccccc2)CC(c2c3ccccc3c(-c3ccc4oc5c(ccc6c5ccc5oc7ccccc7c56)c4c3)c3ccccc23)=C1. The van der Waals surface area contributed by atoms with Gasteiger partial charge in [0.15, 0.2) is 0 Å². The Labute approximate surface area is 288 Å². The van der Waals surface area contributed by atoms with Crippen LogP contribution in [-0.2, 0) is 0 Å². The van der Waals surface area contributed by atoms with Gasteiger partial charge in [-0.3, -0.25) is 0 Å². The third kappa shape index (κ3) is 3.96. The summed E-state index contributed by atoms with van der Waals surface area (Å²) in [6, 6.07) is 52.4. The van der Waals surface area contributed by atoms with Gasteiger partial charge in [-0.15, -0.1) is 0 Å². The molecule has 10 aromatic rings.